The molecule has 21 heavy (non-hydrogen) atoms. The SMILES string of the molecule is CCc1ncc(Cl)cc1[C-]=C[C-]=O.[CH-]=S.[CH2-]COC.[K+].[K+]. The van der Waals surface area contributed by atoms with Crippen LogP contribution in [0.3, 0.4) is 0 Å². The van der Waals surface area contributed by atoms with E-state index in [0.717, 1.165) is 17.7 Å². The van der Waals surface area contributed by atoms with Gasteiger partial charge < -0.3 is 39.5 Å². The zero-order valence-corrected chi connectivity index (χ0v) is 20.8. The van der Waals surface area contributed by atoms with E-state index < -0.39 is 0 Å². The summed E-state index contributed by atoms with van der Waals surface area (Å²) in [4.78, 5) is 14.1. The molecule has 0 N–H and O–H groups in total. The third kappa shape index (κ3) is 18.4. The molecule has 1 heterocycles. The molecule has 0 aliphatic heterocycles. The molecule has 0 radical (unpaired) electrons. The molecule has 1 rings (SSSR count). The van der Waals surface area contributed by atoms with E-state index in [0.29, 0.717) is 11.6 Å². The van der Waals surface area contributed by atoms with Gasteiger partial charge in [0.05, 0.1) is 0 Å². The number of ether oxygens (including phenoxy) is 1. The normalized spacial score (nSPS) is 8.19. The molecule has 7 heteroatoms. The maximum atomic E-state index is 9.97. The summed E-state index contributed by atoms with van der Waals surface area (Å²) in [6.07, 6.45) is 7.94. The minimum absolute atomic E-state index is 0. The second-order valence-electron chi connectivity index (χ2n) is 2.90. The monoisotopic (exact) mass is 375 g/mol. The molecule has 0 aliphatic rings. The van der Waals surface area contributed by atoms with E-state index >= 15 is 0 Å². The van der Waals surface area contributed by atoms with Gasteiger partial charge in [-0.15, -0.1) is 17.3 Å². The van der Waals surface area contributed by atoms with Crippen LogP contribution in [0.4, 0.5) is 0 Å². The van der Waals surface area contributed by atoms with Gasteiger partial charge in [-0.2, -0.15) is 6.07 Å². The van der Waals surface area contributed by atoms with Gasteiger partial charge in [-0.05, 0) is 11.3 Å². The Hall–Kier alpha value is 2.17. The fourth-order valence-corrected chi connectivity index (χ4v) is 1.14. The van der Waals surface area contributed by atoms with Crippen LogP contribution < -0.4 is 103 Å². The molecular weight excluding hydrogens is 360 g/mol. The minimum Gasteiger partial charge on any atom is -0.442 e. The molecule has 0 bridgehead atoms. The van der Waals surface area contributed by atoms with Crippen molar-refractivity contribution in [2.24, 2.45) is 0 Å². The van der Waals surface area contributed by atoms with E-state index in [1.165, 1.54) is 6.08 Å². The van der Waals surface area contributed by atoms with E-state index in [2.05, 4.69) is 40.8 Å². The van der Waals surface area contributed by atoms with Crippen LogP contribution in [-0.2, 0) is 16.0 Å². The quantitative estimate of drug-likeness (QED) is 0.245. The van der Waals surface area contributed by atoms with Gasteiger partial charge in [0.15, 0.2) is 0 Å². The van der Waals surface area contributed by atoms with Gasteiger partial charge in [0, 0.05) is 13.3 Å². The fraction of sp³-hybridized carbons (Fsp3) is 0.286. The number of nitrogens with zero attached hydrogens (tertiary/aromatic N) is 1. The van der Waals surface area contributed by atoms with Crippen LogP contribution in [0.2, 0.25) is 5.02 Å². The largest absolute Gasteiger partial charge is 1.00 e. The standard InChI is InChI=1S/C10H8ClNO.C3H7O.CHS.2K/c1-2-10-8(4-3-5-13)6-9(11)7-12-10;1-3-4-2;1-2;;/h3,6-7H,2H2,1H3;1,3H2,2H3;1H;;/q-2;2*-1;2*+1. The predicted octanol–water partition coefficient (Wildman–Crippen LogP) is -2.92. The first-order valence-electron chi connectivity index (χ1n) is 5.31. The van der Waals surface area contributed by atoms with E-state index in [9.17, 15) is 4.79 Å². The smallest absolute Gasteiger partial charge is 0.442 e. The summed E-state index contributed by atoms with van der Waals surface area (Å²) in [5.74, 6) is 4.08. The predicted molar refractivity (Wildman–Crippen MR) is 82.1 cm³/mol. The molecule has 3 nitrogen and oxygen atoms in total. The van der Waals surface area contributed by atoms with Crippen molar-refractivity contribution in [2.75, 3.05) is 13.7 Å². The molecule has 0 unspecified atom stereocenters. The van der Waals surface area contributed by atoms with Crippen molar-refractivity contribution >= 4 is 36.0 Å². The van der Waals surface area contributed by atoms with E-state index in [1.54, 1.807) is 25.7 Å². The topological polar surface area (TPSA) is 39.2 Å². The zero-order valence-electron chi connectivity index (χ0n) is 13.0. The number of hydrogen-bond donors (Lipinski definition) is 0. The zero-order chi connectivity index (χ0) is 15.1. The number of allylic oxidation sites excluding steroid dienone is 1. The molecule has 0 fully saturated rings. The Morgan fingerprint density at radius 3 is 2.43 bits per heavy atom. The summed E-state index contributed by atoms with van der Waals surface area (Å²) in [5, 5.41) is 0.541. The van der Waals surface area contributed by atoms with Gasteiger partial charge in [0.25, 0.3) is 0 Å². The van der Waals surface area contributed by atoms with Crippen LogP contribution in [0, 0.1) is 13.0 Å². The van der Waals surface area contributed by atoms with E-state index in [-0.39, 0.29) is 103 Å². The van der Waals surface area contributed by atoms with Crippen LogP contribution in [0.15, 0.2) is 18.3 Å². The number of aryl methyl sites for hydroxylation is 1. The third-order valence-corrected chi connectivity index (χ3v) is 1.97. The fourth-order valence-electron chi connectivity index (χ4n) is 0.982. The third-order valence-electron chi connectivity index (χ3n) is 1.76. The molecule has 1 aromatic rings. The Labute approximate surface area is 223 Å². The number of carbonyl (C=O) groups excluding carboxylic acids is 1. The molecule has 0 atom stereocenters. The number of rotatable bonds is 4. The molecule has 0 spiro atoms. The summed E-state index contributed by atoms with van der Waals surface area (Å²) in [6, 6.07) is 1.72. The van der Waals surface area contributed by atoms with Crippen molar-refractivity contribution in [2.45, 2.75) is 13.3 Å². The Morgan fingerprint density at radius 1 is 1.52 bits per heavy atom. The van der Waals surface area contributed by atoms with Crippen LogP contribution in [0.1, 0.15) is 18.2 Å². The molecule has 0 amide bonds. The van der Waals surface area contributed by atoms with Crippen LogP contribution in [-0.4, -0.2) is 30.9 Å². The first-order chi connectivity index (χ1) is 9.19. The van der Waals surface area contributed by atoms with E-state index in [1.807, 2.05) is 6.92 Å². The second kappa shape index (κ2) is 24.4. The summed E-state index contributed by atoms with van der Waals surface area (Å²) in [7, 11) is 1.62. The number of halogens is 1. The maximum Gasteiger partial charge on any atom is 1.00 e. The Morgan fingerprint density at radius 2 is 2.05 bits per heavy atom. The van der Waals surface area contributed by atoms with Gasteiger partial charge in [0.2, 0.25) is 0 Å². The van der Waals surface area contributed by atoms with Gasteiger partial charge in [-0.1, -0.05) is 20.0 Å². The number of aromatic nitrogens is 1. The second-order valence-corrected chi connectivity index (χ2v) is 3.34. The van der Waals surface area contributed by atoms with Gasteiger partial charge >= 0.3 is 103 Å². The molecule has 106 valence electrons. The van der Waals surface area contributed by atoms with Crippen LogP contribution in [0.25, 0.3) is 0 Å². The first kappa shape index (κ1) is 31.0. The van der Waals surface area contributed by atoms with Gasteiger partial charge in [0.1, 0.15) is 0 Å². The molecule has 0 aliphatic carbocycles. The van der Waals surface area contributed by atoms with Crippen LogP contribution >= 0.6 is 23.8 Å². The maximum absolute atomic E-state index is 9.97. The average molecular weight is 376 g/mol. The van der Waals surface area contributed by atoms with Gasteiger partial charge in [-0.3, -0.25) is 11.6 Å². The van der Waals surface area contributed by atoms with Crippen molar-refractivity contribution in [1.82, 2.24) is 4.98 Å². The Balaban J connectivity index is -0.000000158. The van der Waals surface area contributed by atoms with Crippen LogP contribution in [0.5, 0.6) is 0 Å². The molecular formula is C14H16ClK2NO2S-2. The Kier molecular flexibility index (Phi) is 36.0. The Bertz CT molecular complexity index is 391. The number of hydrogen-bond acceptors (Lipinski definition) is 4. The summed E-state index contributed by atoms with van der Waals surface area (Å²) < 4.78 is 4.43. The number of thiocarbonyl (C=S) groups is 1. The summed E-state index contributed by atoms with van der Waals surface area (Å²) >= 11 is 9.32. The molecule has 0 saturated heterocycles. The number of methoxy groups -OCH3 is 1. The summed E-state index contributed by atoms with van der Waals surface area (Å²) in [5.41, 5.74) is 1.62. The van der Waals surface area contributed by atoms with Crippen molar-refractivity contribution in [1.29, 1.82) is 0 Å². The first-order valence-corrected chi connectivity index (χ1v) is 6.16. The van der Waals surface area contributed by atoms with Crippen molar-refractivity contribution in [3.63, 3.8) is 0 Å². The van der Waals surface area contributed by atoms with E-state index in [4.69, 9.17) is 11.6 Å². The number of pyridine rings is 1. The average Bonchev–Trinajstić information content (AvgIpc) is 2.47. The minimum atomic E-state index is 0. The van der Waals surface area contributed by atoms with Crippen molar-refractivity contribution < 1.29 is 112 Å². The molecule has 1 aromatic heterocycles. The molecule has 0 aromatic carbocycles. The summed E-state index contributed by atoms with van der Waals surface area (Å²) in [6.45, 7) is 5.93. The van der Waals surface area contributed by atoms with Gasteiger partial charge in [-0.25, -0.2) is 6.08 Å². The molecule has 0 saturated carbocycles. The van der Waals surface area contributed by atoms with Crippen molar-refractivity contribution in [3.05, 3.63) is 47.6 Å². The van der Waals surface area contributed by atoms with Crippen molar-refractivity contribution in [3.8, 4) is 0 Å².